The van der Waals surface area contributed by atoms with E-state index in [0.29, 0.717) is 26.1 Å². The van der Waals surface area contributed by atoms with Crippen molar-refractivity contribution < 1.29 is 19.1 Å². The Bertz CT molecular complexity index is 333. The lowest BCUT2D eigenvalue weighted by Gasteiger charge is -2.26. The molecule has 1 saturated heterocycles. The van der Waals surface area contributed by atoms with E-state index in [-0.39, 0.29) is 30.4 Å². The van der Waals surface area contributed by atoms with Crippen molar-refractivity contribution in [3.8, 4) is 0 Å². The molecule has 1 rings (SSSR count). The van der Waals surface area contributed by atoms with Gasteiger partial charge in [0.25, 0.3) is 5.91 Å². The van der Waals surface area contributed by atoms with Crippen LogP contribution in [0.4, 0.5) is 0 Å². The highest BCUT2D eigenvalue weighted by atomic mass is 16.5. The van der Waals surface area contributed by atoms with Crippen molar-refractivity contribution >= 4 is 11.9 Å². The lowest BCUT2D eigenvalue weighted by atomic mass is 10.1. The molecule has 0 spiro atoms. The van der Waals surface area contributed by atoms with E-state index in [4.69, 9.17) is 15.2 Å². The zero-order chi connectivity index (χ0) is 15.1. The van der Waals surface area contributed by atoms with Crippen molar-refractivity contribution in [1.29, 1.82) is 0 Å². The number of hydrogen-bond acceptors (Lipinski definition) is 5. The number of carbonyl (C=O) groups excluding carboxylic acids is 2. The van der Waals surface area contributed by atoms with E-state index in [1.165, 1.54) is 4.90 Å². The number of carbonyl (C=O) groups is 2. The van der Waals surface area contributed by atoms with Crippen molar-refractivity contribution in [2.24, 2.45) is 11.7 Å². The zero-order valence-electron chi connectivity index (χ0n) is 12.6. The van der Waals surface area contributed by atoms with Gasteiger partial charge < -0.3 is 20.1 Å². The number of hydrogen-bond donors (Lipinski definition) is 1. The average molecular weight is 286 g/mol. The van der Waals surface area contributed by atoms with Gasteiger partial charge in [0.1, 0.15) is 12.6 Å². The summed E-state index contributed by atoms with van der Waals surface area (Å²) in [6, 6.07) is 0. The molecule has 1 aliphatic rings. The first-order chi connectivity index (χ1) is 9.47. The summed E-state index contributed by atoms with van der Waals surface area (Å²) < 4.78 is 10.5. The SMILES string of the molecule is CCOC(=O)CN(CC(C)C)C(=O)C1CCC(CN)O1. The fourth-order valence-electron chi connectivity index (χ4n) is 2.30. The number of amides is 1. The topological polar surface area (TPSA) is 81.9 Å². The third-order valence-corrected chi connectivity index (χ3v) is 3.17. The predicted molar refractivity (Wildman–Crippen MR) is 75.0 cm³/mol. The summed E-state index contributed by atoms with van der Waals surface area (Å²) in [4.78, 5) is 25.6. The second-order valence-electron chi connectivity index (χ2n) is 5.48. The van der Waals surface area contributed by atoms with Crippen molar-refractivity contribution in [2.75, 3.05) is 26.2 Å². The molecule has 0 aliphatic carbocycles. The van der Waals surface area contributed by atoms with Gasteiger partial charge in [-0.15, -0.1) is 0 Å². The van der Waals surface area contributed by atoms with E-state index in [9.17, 15) is 9.59 Å². The van der Waals surface area contributed by atoms with Gasteiger partial charge in [-0.2, -0.15) is 0 Å². The number of nitrogens with two attached hydrogens (primary N) is 1. The van der Waals surface area contributed by atoms with Crippen LogP contribution in [0.3, 0.4) is 0 Å². The van der Waals surface area contributed by atoms with Gasteiger partial charge in [-0.25, -0.2) is 0 Å². The normalized spacial score (nSPS) is 22.1. The van der Waals surface area contributed by atoms with E-state index >= 15 is 0 Å². The van der Waals surface area contributed by atoms with Gasteiger partial charge in [-0.1, -0.05) is 13.8 Å². The molecule has 2 unspecified atom stereocenters. The van der Waals surface area contributed by atoms with E-state index in [1.807, 2.05) is 13.8 Å². The van der Waals surface area contributed by atoms with E-state index in [1.54, 1.807) is 6.92 Å². The van der Waals surface area contributed by atoms with E-state index in [2.05, 4.69) is 0 Å². The summed E-state index contributed by atoms with van der Waals surface area (Å²) in [5.41, 5.74) is 5.55. The molecule has 0 bridgehead atoms. The van der Waals surface area contributed by atoms with E-state index < -0.39 is 6.10 Å². The molecular weight excluding hydrogens is 260 g/mol. The van der Waals surface area contributed by atoms with Crippen LogP contribution >= 0.6 is 0 Å². The molecule has 20 heavy (non-hydrogen) atoms. The van der Waals surface area contributed by atoms with Crippen molar-refractivity contribution in [2.45, 2.75) is 45.8 Å². The van der Waals surface area contributed by atoms with Crippen LogP contribution in [0.25, 0.3) is 0 Å². The Kier molecular flexibility index (Phi) is 6.95. The third-order valence-electron chi connectivity index (χ3n) is 3.17. The van der Waals surface area contributed by atoms with Gasteiger partial charge in [0.2, 0.25) is 0 Å². The summed E-state index contributed by atoms with van der Waals surface area (Å²) in [5, 5.41) is 0. The molecule has 116 valence electrons. The standard InChI is InChI=1S/C14H26N2O4/c1-4-19-13(17)9-16(8-10(2)3)14(18)12-6-5-11(7-15)20-12/h10-12H,4-9,15H2,1-3H3. The number of ether oxygens (including phenoxy) is 2. The molecule has 1 amide bonds. The minimum absolute atomic E-state index is 0.0159. The second-order valence-corrected chi connectivity index (χ2v) is 5.48. The van der Waals surface area contributed by atoms with Gasteiger partial charge in [0, 0.05) is 13.1 Å². The molecule has 2 N–H and O–H groups in total. The Morgan fingerprint density at radius 2 is 2.10 bits per heavy atom. The van der Waals surface area contributed by atoms with E-state index in [0.717, 1.165) is 6.42 Å². The van der Waals surface area contributed by atoms with Gasteiger partial charge in [0.05, 0.1) is 12.7 Å². The maximum atomic E-state index is 12.4. The molecule has 6 nitrogen and oxygen atoms in total. The highest BCUT2D eigenvalue weighted by molar-refractivity contribution is 5.85. The summed E-state index contributed by atoms with van der Waals surface area (Å²) in [6.07, 6.45) is 0.934. The molecular formula is C14H26N2O4. The lowest BCUT2D eigenvalue weighted by Crippen LogP contribution is -2.44. The van der Waals surface area contributed by atoms with Crippen molar-refractivity contribution in [1.82, 2.24) is 4.90 Å². The number of rotatable bonds is 7. The molecule has 0 radical (unpaired) electrons. The molecule has 2 atom stereocenters. The summed E-state index contributed by atoms with van der Waals surface area (Å²) in [6.45, 7) is 7.00. The fraction of sp³-hybridized carbons (Fsp3) is 0.857. The Hall–Kier alpha value is -1.14. The maximum Gasteiger partial charge on any atom is 0.325 e. The van der Waals surface area contributed by atoms with Crippen molar-refractivity contribution in [3.63, 3.8) is 0 Å². The fourth-order valence-corrected chi connectivity index (χ4v) is 2.30. The maximum absolute atomic E-state index is 12.4. The first kappa shape index (κ1) is 16.9. The quantitative estimate of drug-likeness (QED) is 0.691. The van der Waals surface area contributed by atoms with Gasteiger partial charge in [-0.05, 0) is 25.7 Å². The summed E-state index contributed by atoms with van der Waals surface area (Å²) in [7, 11) is 0. The molecule has 1 fully saturated rings. The smallest absolute Gasteiger partial charge is 0.325 e. The molecule has 0 aromatic rings. The van der Waals surface area contributed by atoms with Gasteiger partial charge in [0.15, 0.2) is 0 Å². The molecule has 0 aromatic heterocycles. The molecule has 1 aliphatic heterocycles. The first-order valence-corrected chi connectivity index (χ1v) is 7.27. The first-order valence-electron chi connectivity index (χ1n) is 7.27. The van der Waals surface area contributed by atoms with Crippen molar-refractivity contribution in [3.05, 3.63) is 0 Å². The minimum atomic E-state index is -0.475. The van der Waals surface area contributed by atoms with Crippen LogP contribution in [0.2, 0.25) is 0 Å². The molecule has 1 heterocycles. The number of esters is 1. The summed E-state index contributed by atoms with van der Waals surface area (Å²) >= 11 is 0. The Morgan fingerprint density at radius 1 is 1.40 bits per heavy atom. The van der Waals surface area contributed by atoms with Crippen LogP contribution in [0.5, 0.6) is 0 Å². The third kappa shape index (κ3) is 5.09. The highest BCUT2D eigenvalue weighted by Gasteiger charge is 2.33. The monoisotopic (exact) mass is 286 g/mol. The Labute approximate surface area is 120 Å². The molecule has 6 heteroatoms. The average Bonchev–Trinajstić information content (AvgIpc) is 2.85. The summed E-state index contributed by atoms with van der Waals surface area (Å²) in [5.74, 6) is -0.238. The largest absolute Gasteiger partial charge is 0.465 e. The minimum Gasteiger partial charge on any atom is -0.465 e. The van der Waals surface area contributed by atoms with Crippen LogP contribution < -0.4 is 5.73 Å². The van der Waals surface area contributed by atoms with Gasteiger partial charge >= 0.3 is 5.97 Å². The Morgan fingerprint density at radius 3 is 2.60 bits per heavy atom. The Balaban J connectivity index is 2.62. The number of nitrogens with zero attached hydrogens (tertiary/aromatic N) is 1. The zero-order valence-corrected chi connectivity index (χ0v) is 12.6. The van der Waals surface area contributed by atoms with Crippen LogP contribution in [-0.2, 0) is 19.1 Å². The lowest BCUT2D eigenvalue weighted by molar-refractivity contribution is -0.153. The second kappa shape index (κ2) is 8.21. The van der Waals surface area contributed by atoms with Crippen LogP contribution in [0.15, 0.2) is 0 Å². The van der Waals surface area contributed by atoms with Crippen LogP contribution in [0.1, 0.15) is 33.6 Å². The predicted octanol–water partition coefficient (Wildman–Crippen LogP) is 0.540. The molecule has 0 saturated carbocycles. The van der Waals surface area contributed by atoms with Crippen LogP contribution in [0, 0.1) is 5.92 Å². The molecule has 0 aromatic carbocycles. The van der Waals surface area contributed by atoms with Gasteiger partial charge in [-0.3, -0.25) is 9.59 Å². The highest BCUT2D eigenvalue weighted by Crippen LogP contribution is 2.21. The van der Waals surface area contributed by atoms with Crippen LogP contribution in [-0.4, -0.2) is 55.2 Å².